The first-order valence-electron chi connectivity index (χ1n) is 8.10. The van der Waals surface area contributed by atoms with Gasteiger partial charge in [-0.15, -0.1) is 0 Å². The molecule has 2 aromatic carbocycles. The van der Waals surface area contributed by atoms with Gasteiger partial charge in [0.1, 0.15) is 5.75 Å². The Labute approximate surface area is 157 Å². The van der Waals surface area contributed by atoms with E-state index in [0.29, 0.717) is 28.8 Å². The van der Waals surface area contributed by atoms with E-state index in [-0.39, 0.29) is 5.92 Å². The quantitative estimate of drug-likeness (QED) is 0.780. The van der Waals surface area contributed by atoms with Crippen LogP contribution >= 0.6 is 11.6 Å². The van der Waals surface area contributed by atoms with E-state index in [2.05, 4.69) is 5.32 Å². The average molecular weight is 377 g/mol. The van der Waals surface area contributed by atoms with Crippen LogP contribution in [0.15, 0.2) is 48.5 Å². The molecule has 0 atom stereocenters. The molecule has 0 spiro atoms. The summed E-state index contributed by atoms with van der Waals surface area (Å²) in [6.45, 7) is 4.22. The molecule has 0 aliphatic carbocycles. The van der Waals surface area contributed by atoms with Gasteiger partial charge in [0.15, 0.2) is 0 Å². The van der Waals surface area contributed by atoms with Gasteiger partial charge in [-0.2, -0.15) is 0 Å². The predicted octanol–water partition coefficient (Wildman–Crippen LogP) is 5.18. The topological polar surface area (TPSA) is 67.9 Å². The van der Waals surface area contributed by atoms with Crippen molar-refractivity contribution in [2.24, 2.45) is 5.92 Å². The van der Waals surface area contributed by atoms with E-state index in [1.807, 2.05) is 13.8 Å². The molecule has 0 saturated carbocycles. The Morgan fingerprint density at radius 3 is 2.58 bits per heavy atom. The van der Waals surface area contributed by atoms with Crippen LogP contribution in [0.2, 0.25) is 5.02 Å². The van der Waals surface area contributed by atoms with Crippen molar-refractivity contribution in [3.63, 3.8) is 0 Å². The molecule has 0 heterocycles. The highest BCUT2D eigenvalue weighted by molar-refractivity contribution is 6.30. The Morgan fingerprint density at radius 1 is 1.15 bits per heavy atom. The Kier molecular flexibility index (Phi) is 6.86. The second kappa shape index (κ2) is 9.10. The van der Waals surface area contributed by atoms with Crippen LogP contribution in [-0.4, -0.2) is 25.8 Å². The summed E-state index contributed by atoms with van der Waals surface area (Å²) >= 11 is 5.94. The standard InChI is InChI=1S/C19H21ClN2O4/c1-13(2)12-25-18(23)21-15-7-5-9-17(11-15)26-19(24)22(3)16-8-4-6-14(20)10-16/h4-11,13H,12H2,1-3H3,(H,21,23). The van der Waals surface area contributed by atoms with E-state index in [9.17, 15) is 9.59 Å². The van der Waals surface area contributed by atoms with Gasteiger partial charge in [0.25, 0.3) is 0 Å². The summed E-state index contributed by atoms with van der Waals surface area (Å²) < 4.78 is 10.4. The van der Waals surface area contributed by atoms with Crippen molar-refractivity contribution >= 4 is 35.2 Å². The molecule has 0 aliphatic heterocycles. The average Bonchev–Trinajstić information content (AvgIpc) is 2.59. The maximum atomic E-state index is 12.3. The number of ether oxygens (including phenoxy) is 2. The second-order valence-corrected chi connectivity index (χ2v) is 6.49. The molecule has 0 fully saturated rings. The van der Waals surface area contributed by atoms with Gasteiger partial charge in [-0.05, 0) is 36.2 Å². The monoisotopic (exact) mass is 376 g/mol. The number of halogens is 1. The third kappa shape index (κ3) is 5.97. The van der Waals surface area contributed by atoms with E-state index in [4.69, 9.17) is 21.1 Å². The summed E-state index contributed by atoms with van der Waals surface area (Å²) in [5.41, 5.74) is 1.07. The van der Waals surface area contributed by atoms with Crippen molar-refractivity contribution in [1.29, 1.82) is 0 Å². The van der Waals surface area contributed by atoms with Gasteiger partial charge in [-0.3, -0.25) is 10.2 Å². The SMILES string of the molecule is CC(C)COC(=O)Nc1cccc(OC(=O)N(C)c2cccc(Cl)c2)c1. The Hall–Kier alpha value is -2.73. The highest BCUT2D eigenvalue weighted by atomic mass is 35.5. The molecule has 0 aromatic heterocycles. The van der Waals surface area contributed by atoms with Crippen molar-refractivity contribution in [2.75, 3.05) is 23.9 Å². The molecule has 1 N–H and O–H groups in total. The first kappa shape index (κ1) is 19.6. The van der Waals surface area contributed by atoms with Crippen LogP contribution in [0.5, 0.6) is 5.75 Å². The zero-order valence-electron chi connectivity index (χ0n) is 14.9. The van der Waals surface area contributed by atoms with Crippen LogP contribution in [0, 0.1) is 5.92 Å². The van der Waals surface area contributed by atoms with Crippen molar-refractivity contribution in [2.45, 2.75) is 13.8 Å². The Balaban J connectivity index is 1.99. The fourth-order valence-corrected chi connectivity index (χ4v) is 2.18. The maximum Gasteiger partial charge on any atom is 0.419 e. The number of carbonyl (C=O) groups is 2. The van der Waals surface area contributed by atoms with Crippen LogP contribution in [0.3, 0.4) is 0 Å². The molecular weight excluding hydrogens is 356 g/mol. The molecular formula is C19H21ClN2O4. The summed E-state index contributed by atoms with van der Waals surface area (Å²) in [6.07, 6.45) is -1.13. The van der Waals surface area contributed by atoms with Gasteiger partial charge in [0.05, 0.1) is 6.61 Å². The molecule has 138 valence electrons. The Bertz CT molecular complexity index is 780. The first-order valence-corrected chi connectivity index (χ1v) is 8.48. The molecule has 0 saturated heterocycles. The Morgan fingerprint density at radius 2 is 1.88 bits per heavy atom. The number of carbonyl (C=O) groups excluding carboxylic acids is 2. The minimum absolute atomic E-state index is 0.245. The lowest BCUT2D eigenvalue weighted by atomic mass is 10.2. The van der Waals surface area contributed by atoms with Crippen LogP contribution in [-0.2, 0) is 4.74 Å². The lowest BCUT2D eigenvalue weighted by Gasteiger charge is -2.17. The molecule has 0 unspecified atom stereocenters. The molecule has 2 rings (SSSR count). The third-order valence-corrected chi connectivity index (χ3v) is 3.54. The fraction of sp³-hybridized carbons (Fsp3) is 0.263. The van der Waals surface area contributed by atoms with E-state index in [1.165, 1.54) is 4.90 Å². The second-order valence-electron chi connectivity index (χ2n) is 6.05. The number of benzene rings is 2. The van der Waals surface area contributed by atoms with Crippen LogP contribution in [0.4, 0.5) is 21.0 Å². The highest BCUT2D eigenvalue weighted by Crippen LogP contribution is 2.22. The lowest BCUT2D eigenvalue weighted by Crippen LogP contribution is -2.29. The van der Waals surface area contributed by atoms with E-state index >= 15 is 0 Å². The molecule has 0 radical (unpaired) electrons. The number of rotatable bonds is 5. The van der Waals surface area contributed by atoms with Gasteiger partial charge in [0.2, 0.25) is 0 Å². The molecule has 26 heavy (non-hydrogen) atoms. The first-order chi connectivity index (χ1) is 12.3. The fourth-order valence-electron chi connectivity index (χ4n) is 1.99. The van der Waals surface area contributed by atoms with Crippen molar-refractivity contribution in [3.8, 4) is 5.75 Å². The maximum absolute atomic E-state index is 12.3. The summed E-state index contributed by atoms with van der Waals surface area (Å²) in [7, 11) is 1.58. The minimum Gasteiger partial charge on any atom is -0.449 e. The van der Waals surface area contributed by atoms with E-state index in [0.717, 1.165) is 0 Å². The predicted molar refractivity (Wildman–Crippen MR) is 102 cm³/mol. The minimum atomic E-state index is -0.577. The number of nitrogens with one attached hydrogen (secondary N) is 1. The van der Waals surface area contributed by atoms with Gasteiger partial charge < -0.3 is 9.47 Å². The molecule has 2 amide bonds. The van der Waals surface area contributed by atoms with Gasteiger partial charge in [-0.1, -0.05) is 37.6 Å². The van der Waals surface area contributed by atoms with Crippen LogP contribution < -0.4 is 15.0 Å². The number of anilines is 2. The molecule has 6 nitrogen and oxygen atoms in total. The van der Waals surface area contributed by atoms with E-state index in [1.54, 1.807) is 55.6 Å². The highest BCUT2D eigenvalue weighted by Gasteiger charge is 2.14. The zero-order valence-corrected chi connectivity index (χ0v) is 15.6. The molecule has 2 aromatic rings. The van der Waals surface area contributed by atoms with Crippen molar-refractivity contribution in [1.82, 2.24) is 0 Å². The summed E-state index contributed by atoms with van der Waals surface area (Å²) in [6, 6.07) is 13.4. The lowest BCUT2D eigenvalue weighted by molar-refractivity contribution is 0.147. The van der Waals surface area contributed by atoms with Crippen molar-refractivity contribution in [3.05, 3.63) is 53.6 Å². The van der Waals surface area contributed by atoms with Crippen LogP contribution in [0.25, 0.3) is 0 Å². The number of hydrogen-bond donors (Lipinski definition) is 1. The van der Waals surface area contributed by atoms with Gasteiger partial charge in [0, 0.05) is 29.5 Å². The number of nitrogens with zero attached hydrogens (tertiary/aromatic N) is 1. The summed E-state index contributed by atoms with van der Waals surface area (Å²) in [4.78, 5) is 25.3. The van der Waals surface area contributed by atoms with Crippen LogP contribution in [0.1, 0.15) is 13.8 Å². The summed E-state index contributed by atoms with van der Waals surface area (Å²) in [5, 5.41) is 3.12. The smallest absolute Gasteiger partial charge is 0.419 e. The van der Waals surface area contributed by atoms with Gasteiger partial charge in [-0.25, -0.2) is 9.59 Å². The zero-order chi connectivity index (χ0) is 19.1. The number of amides is 2. The molecule has 0 aliphatic rings. The number of hydrogen-bond acceptors (Lipinski definition) is 4. The molecule has 7 heteroatoms. The van der Waals surface area contributed by atoms with Gasteiger partial charge >= 0.3 is 12.2 Å². The normalized spacial score (nSPS) is 10.3. The summed E-state index contributed by atoms with van der Waals surface area (Å²) in [5.74, 6) is 0.542. The largest absolute Gasteiger partial charge is 0.449 e. The molecule has 0 bridgehead atoms. The van der Waals surface area contributed by atoms with E-state index < -0.39 is 12.2 Å². The third-order valence-electron chi connectivity index (χ3n) is 3.30. The van der Waals surface area contributed by atoms with Crippen molar-refractivity contribution < 1.29 is 19.1 Å².